The van der Waals surface area contributed by atoms with Crippen molar-refractivity contribution in [2.75, 3.05) is 0 Å². The second-order valence-electron chi connectivity index (χ2n) is 5.76. The highest BCUT2D eigenvalue weighted by Gasteiger charge is 2.63. The third kappa shape index (κ3) is 2.86. The van der Waals surface area contributed by atoms with Crippen LogP contribution in [0.25, 0.3) is 0 Å². The highest BCUT2D eigenvalue weighted by Crippen LogP contribution is 2.54. The summed E-state index contributed by atoms with van der Waals surface area (Å²) in [4.78, 5) is 11.6. The van der Waals surface area contributed by atoms with E-state index in [0.717, 1.165) is 11.1 Å². The van der Waals surface area contributed by atoms with Gasteiger partial charge in [0.1, 0.15) is 0 Å². The Hall–Kier alpha value is -1.85. The van der Waals surface area contributed by atoms with E-state index in [9.17, 15) is 18.3 Å². The van der Waals surface area contributed by atoms with Gasteiger partial charge in [-0.2, -0.15) is 0 Å². The monoisotopic (exact) mass is 350 g/mol. The zero-order valence-corrected chi connectivity index (χ0v) is 13.9. The number of sulfone groups is 1. The van der Waals surface area contributed by atoms with Crippen LogP contribution >= 0.6 is 11.6 Å². The van der Waals surface area contributed by atoms with Crippen LogP contribution in [0.4, 0.5) is 0 Å². The molecule has 0 bridgehead atoms. The van der Waals surface area contributed by atoms with E-state index in [0.29, 0.717) is 5.02 Å². The van der Waals surface area contributed by atoms with Gasteiger partial charge in [0.2, 0.25) is 0 Å². The summed E-state index contributed by atoms with van der Waals surface area (Å²) < 4.78 is 25.5. The number of carboxylic acids is 1. The Morgan fingerprint density at radius 1 is 1.04 bits per heavy atom. The van der Waals surface area contributed by atoms with Crippen LogP contribution in [0.15, 0.2) is 53.4 Å². The molecule has 1 N–H and O–H groups in total. The molecule has 0 unspecified atom stereocenters. The molecule has 2 aromatic carbocycles. The molecule has 0 spiro atoms. The molecule has 1 saturated carbocycles. The van der Waals surface area contributed by atoms with Crippen LogP contribution in [-0.2, 0) is 14.6 Å². The molecular weight excluding hydrogens is 336 g/mol. The molecule has 0 amide bonds. The number of carbonyl (C=O) groups is 1. The van der Waals surface area contributed by atoms with E-state index in [1.807, 2.05) is 19.1 Å². The van der Waals surface area contributed by atoms with Gasteiger partial charge in [-0.15, -0.1) is 0 Å². The van der Waals surface area contributed by atoms with Crippen molar-refractivity contribution in [3.05, 3.63) is 64.7 Å². The van der Waals surface area contributed by atoms with Gasteiger partial charge in [-0.1, -0.05) is 41.4 Å². The van der Waals surface area contributed by atoms with Crippen LogP contribution in [0.5, 0.6) is 0 Å². The molecular formula is C17H15ClO4S. The van der Waals surface area contributed by atoms with Crippen LogP contribution in [0.1, 0.15) is 17.0 Å². The molecule has 0 heterocycles. The van der Waals surface area contributed by atoms with Crippen molar-refractivity contribution in [1.82, 2.24) is 0 Å². The van der Waals surface area contributed by atoms with Crippen LogP contribution in [0.2, 0.25) is 5.02 Å². The lowest BCUT2D eigenvalue weighted by Gasteiger charge is -2.04. The molecule has 120 valence electrons. The summed E-state index contributed by atoms with van der Waals surface area (Å²) in [6.45, 7) is 1.92. The summed E-state index contributed by atoms with van der Waals surface area (Å²) in [5.74, 6) is -2.52. The van der Waals surface area contributed by atoms with Crippen LogP contribution in [0.3, 0.4) is 0 Å². The summed E-state index contributed by atoms with van der Waals surface area (Å²) in [7, 11) is -3.72. The number of aryl methyl sites for hydroxylation is 1. The molecule has 1 aliphatic carbocycles. The van der Waals surface area contributed by atoms with Crippen molar-refractivity contribution in [3.8, 4) is 0 Å². The fourth-order valence-electron chi connectivity index (χ4n) is 2.93. The average Bonchev–Trinajstić information content (AvgIpc) is 3.25. The molecule has 0 radical (unpaired) electrons. The predicted molar refractivity (Wildman–Crippen MR) is 87.5 cm³/mol. The van der Waals surface area contributed by atoms with Crippen molar-refractivity contribution in [1.29, 1.82) is 0 Å². The molecule has 3 atom stereocenters. The Kier molecular flexibility index (Phi) is 3.94. The standard InChI is InChI=1S/C17H15ClO4S/c1-10-2-4-11(5-3-10)14-15(17(19)20)16(14)23(21,22)13-8-6-12(18)7-9-13/h2-9,14-16H,1H3,(H,19,20)/t14-,15+,16+/m0/s1. The topological polar surface area (TPSA) is 71.4 Å². The lowest BCUT2D eigenvalue weighted by atomic mass is 10.1. The van der Waals surface area contributed by atoms with Gasteiger partial charge in [-0.3, -0.25) is 4.79 Å². The summed E-state index contributed by atoms with van der Waals surface area (Å²) in [5, 5.41) is 8.87. The number of carboxylic acid groups (broad SMARTS) is 1. The van der Waals surface area contributed by atoms with Gasteiger partial charge in [0, 0.05) is 10.9 Å². The van der Waals surface area contributed by atoms with E-state index in [4.69, 9.17) is 11.6 Å². The van der Waals surface area contributed by atoms with Gasteiger partial charge in [0.25, 0.3) is 0 Å². The van der Waals surface area contributed by atoms with Crippen molar-refractivity contribution in [3.63, 3.8) is 0 Å². The van der Waals surface area contributed by atoms with E-state index in [1.165, 1.54) is 24.3 Å². The third-order valence-electron chi connectivity index (χ3n) is 4.20. The Morgan fingerprint density at radius 2 is 1.61 bits per heavy atom. The molecule has 6 heteroatoms. The van der Waals surface area contributed by atoms with Crippen LogP contribution in [-0.4, -0.2) is 24.7 Å². The van der Waals surface area contributed by atoms with Gasteiger partial charge >= 0.3 is 5.97 Å². The maximum absolute atomic E-state index is 12.8. The van der Waals surface area contributed by atoms with Crippen molar-refractivity contribution < 1.29 is 18.3 Å². The molecule has 1 fully saturated rings. The normalized spacial score (nSPS) is 23.5. The summed E-state index contributed by atoms with van der Waals surface area (Å²) in [5.41, 5.74) is 1.78. The lowest BCUT2D eigenvalue weighted by molar-refractivity contribution is -0.138. The number of hydrogen-bond donors (Lipinski definition) is 1. The van der Waals surface area contributed by atoms with E-state index >= 15 is 0 Å². The van der Waals surface area contributed by atoms with E-state index < -0.39 is 32.9 Å². The predicted octanol–water partition coefficient (Wildman–Crippen LogP) is 3.29. The first-order valence-corrected chi connectivity index (χ1v) is 9.03. The molecule has 1 aliphatic rings. The zero-order valence-electron chi connectivity index (χ0n) is 12.3. The largest absolute Gasteiger partial charge is 0.481 e. The first-order valence-electron chi connectivity index (χ1n) is 7.11. The van der Waals surface area contributed by atoms with Crippen molar-refractivity contribution in [2.45, 2.75) is 23.0 Å². The molecule has 0 aliphatic heterocycles. The first-order chi connectivity index (χ1) is 10.8. The smallest absolute Gasteiger partial charge is 0.308 e. The second-order valence-corrected chi connectivity index (χ2v) is 8.31. The highest BCUT2D eigenvalue weighted by molar-refractivity contribution is 7.92. The molecule has 23 heavy (non-hydrogen) atoms. The van der Waals surface area contributed by atoms with Gasteiger partial charge in [-0.25, -0.2) is 8.42 Å². The Bertz CT molecular complexity index is 841. The minimum absolute atomic E-state index is 0.104. The lowest BCUT2D eigenvalue weighted by Crippen LogP contribution is -2.13. The van der Waals surface area contributed by atoms with E-state index in [-0.39, 0.29) is 4.90 Å². The molecule has 0 saturated heterocycles. The highest BCUT2D eigenvalue weighted by atomic mass is 35.5. The van der Waals surface area contributed by atoms with E-state index in [2.05, 4.69) is 0 Å². The maximum atomic E-state index is 12.8. The summed E-state index contributed by atoms with van der Waals surface area (Å²) in [6, 6.07) is 13.1. The van der Waals surface area contributed by atoms with Crippen LogP contribution in [0, 0.1) is 12.8 Å². The molecule has 4 nitrogen and oxygen atoms in total. The summed E-state index contributed by atoms with van der Waals surface area (Å²) in [6.07, 6.45) is 0. The third-order valence-corrected chi connectivity index (χ3v) is 6.69. The fraction of sp³-hybridized carbons (Fsp3) is 0.235. The Labute approximate surface area is 139 Å². The number of rotatable bonds is 4. The number of benzene rings is 2. The van der Waals surface area contributed by atoms with Gasteiger partial charge in [0.05, 0.1) is 16.1 Å². The Morgan fingerprint density at radius 3 is 2.13 bits per heavy atom. The second kappa shape index (κ2) is 5.65. The average molecular weight is 351 g/mol. The quantitative estimate of drug-likeness (QED) is 0.918. The minimum atomic E-state index is -3.72. The number of aliphatic carboxylic acids is 1. The van der Waals surface area contributed by atoms with Gasteiger partial charge in [-0.05, 0) is 36.8 Å². The van der Waals surface area contributed by atoms with Crippen molar-refractivity contribution in [2.24, 2.45) is 5.92 Å². The molecule has 0 aromatic heterocycles. The Balaban J connectivity index is 1.98. The van der Waals surface area contributed by atoms with Crippen LogP contribution < -0.4 is 0 Å². The number of halogens is 1. The van der Waals surface area contributed by atoms with Gasteiger partial charge in [0.15, 0.2) is 9.84 Å². The van der Waals surface area contributed by atoms with Gasteiger partial charge < -0.3 is 5.11 Å². The van der Waals surface area contributed by atoms with E-state index in [1.54, 1.807) is 12.1 Å². The van der Waals surface area contributed by atoms with Crippen molar-refractivity contribution >= 4 is 27.4 Å². The maximum Gasteiger partial charge on any atom is 0.308 e. The summed E-state index contributed by atoms with van der Waals surface area (Å²) >= 11 is 5.79. The SMILES string of the molecule is Cc1ccc([C@H]2[C@@H](C(=O)O)[C@@H]2S(=O)(=O)c2ccc(Cl)cc2)cc1. The zero-order chi connectivity index (χ0) is 16.8. The number of hydrogen-bond acceptors (Lipinski definition) is 3. The molecule has 3 rings (SSSR count). The minimum Gasteiger partial charge on any atom is -0.481 e. The molecule has 2 aromatic rings. The first kappa shape index (κ1) is 16.0. The fourth-order valence-corrected chi connectivity index (χ4v) is 5.18.